The van der Waals surface area contributed by atoms with Crippen molar-refractivity contribution in [2.24, 2.45) is 17.1 Å². The van der Waals surface area contributed by atoms with Gasteiger partial charge in [-0.3, -0.25) is 10.1 Å². The minimum Gasteiger partial charge on any atom is -0.341 e. The minimum atomic E-state index is -0.303. The van der Waals surface area contributed by atoms with Crippen molar-refractivity contribution >= 4 is 34.6 Å². The first-order chi connectivity index (χ1) is 9.80. The smallest absolute Gasteiger partial charge is 0.233 e. The van der Waals surface area contributed by atoms with Crippen LogP contribution < -0.4 is 11.1 Å². The molecule has 0 saturated heterocycles. The number of aromatic nitrogens is 4. The van der Waals surface area contributed by atoms with Crippen LogP contribution in [0, 0.1) is 11.3 Å². The van der Waals surface area contributed by atoms with Gasteiger partial charge < -0.3 is 10.7 Å². The number of fused-ring (bicyclic) bond motifs is 1. The maximum absolute atomic E-state index is 12.3. The summed E-state index contributed by atoms with van der Waals surface area (Å²) in [5.74, 6) is -0.377. The molecule has 0 bridgehead atoms. The van der Waals surface area contributed by atoms with Gasteiger partial charge in [0.05, 0.1) is 12.2 Å². The predicted molar refractivity (Wildman–Crippen MR) is 81.9 cm³/mol. The first kappa shape index (κ1) is 15.7. The molecule has 114 valence electrons. The third kappa shape index (κ3) is 3.89. The highest BCUT2D eigenvalue weighted by Gasteiger charge is 2.24. The van der Waals surface area contributed by atoms with Crippen molar-refractivity contribution in [2.75, 3.05) is 11.9 Å². The summed E-state index contributed by atoms with van der Waals surface area (Å²) in [6.45, 7) is 6.45. The van der Waals surface area contributed by atoms with E-state index in [0.717, 1.165) is 0 Å². The van der Waals surface area contributed by atoms with Gasteiger partial charge in [0, 0.05) is 6.54 Å². The summed E-state index contributed by atoms with van der Waals surface area (Å²) in [6.07, 6.45) is 2.15. The van der Waals surface area contributed by atoms with Crippen molar-refractivity contribution in [2.45, 2.75) is 27.2 Å². The van der Waals surface area contributed by atoms with Gasteiger partial charge in [-0.15, -0.1) is 0 Å². The zero-order valence-corrected chi connectivity index (χ0v) is 13.0. The van der Waals surface area contributed by atoms with Crippen LogP contribution in [0.1, 0.15) is 27.2 Å². The molecule has 2 rings (SSSR count). The summed E-state index contributed by atoms with van der Waals surface area (Å²) in [4.78, 5) is 27.3. The van der Waals surface area contributed by atoms with E-state index in [1.165, 1.54) is 6.33 Å². The van der Waals surface area contributed by atoms with E-state index in [-0.39, 0.29) is 34.9 Å². The Morgan fingerprint density at radius 1 is 1.48 bits per heavy atom. The number of nitrogens with two attached hydrogens (primary N) is 1. The molecule has 4 N–H and O–H groups in total. The molecule has 0 fully saturated rings. The summed E-state index contributed by atoms with van der Waals surface area (Å²) in [7, 11) is 0. The molecule has 0 aliphatic rings. The van der Waals surface area contributed by atoms with E-state index in [4.69, 9.17) is 17.3 Å². The highest BCUT2D eigenvalue weighted by atomic mass is 35.5. The number of amides is 1. The first-order valence-corrected chi connectivity index (χ1v) is 7.05. The molecule has 0 saturated carbocycles. The normalized spacial score (nSPS) is 13.4. The number of hydrogen-bond acceptors (Lipinski definition) is 5. The molecule has 0 aromatic carbocycles. The van der Waals surface area contributed by atoms with Gasteiger partial charge in [0.25, 0.3) is 0 Å². The van der Waals surface area contributed by atoms with Crippen molar-refractivity contribution < 1.29 is 4.79 Å². The third-order valence-electron chi connectivity index (χ3n) is 2.99. The predicted octanol–water partition coefficient (Wildman–Crippen LogP) is 1.96. The van der Waals surface area contributed by atoms with Gasteiger partial charge in [0.2, 0.25) is 11.9 Å². The average molecular weight is 311 g/mol. The molecule has 0 aliphatic heterocycles. The molecule has 2 aromatic rings. The maximum Gasteiger partial charge on any atom is 0.233 e. The number of carbonyl (C=O) groups is 1. The van der Waals surface area contributed by atoms with Crippen molar-refractivity contribution in [1.82, 2.24) is 19.9 Å². The number of rotatable bonds is 4. The highest BCUT2D eigenvalue weighted by molar-refractivity contribution is 6.33. The molecule has 8 heteroatoms. The van der Waals surface area contributed by atoms with Crippen LogP contribution in [0.15, 0.2) is 6.33 Å². The van der Waals surface area contributed by atoms with Crippen molar-refractivity contribution in [3.63, 3.8) is 0 Å². The molecular formula is C13H19ClN6O. The van der Waals surface area contributed by atoms with Gasteiger partial charge in [-0.1, -0.05) is 32.4 Å². The lowest BCUT2D eigenvalue weighted by Gasteiger charge is -2.24. The zero-order chi connectivity index (χ0) is 15.6. The van der Waals surface area contributed by atoms with Crippen LogP contribution in [0.25, 0.3) is 11.2 Å². The number of carbonyl (C=O) groups excluding carboxylic acids is 1. The van der Waals surface area contributed by atoms with Gasteiger partial charge in [0.15, 0.2) is 10.8 Å². The van der Waals surface area contributed by atoms with Gasteiger partial charge in [-0.2, -0.15) is 9.97 Å². The van der Waals surface area contributed by atoms with Gasteiger partial charge >= 0.3 is 0 Å². The number of halogens is 1. The SMILES string of the molecule is CC(C)(C)CC(CN)C(=O)Nc1nc(Cl)c2[nH]cnc2n1. The molecule has 0 radical (unpaired) electrons. The quantitative estimate of drug-likeness (QED) is 0.748. The molecule has 2 aromatic heterocycles. The topological polar surface area (TPSA) is 110 Å². The Hall–Kier alpha value is -1.73. The molecule has 1 atom stereocenters. The molecule has 0 spiro atoms. The first-order valence-electron chi connectivity index (χ1n) is 6.67. The van der Waals surface area contributed by atoms with Crippen LogP contribution in [0.2, 0.25) is 5.15 Å². The van der Waals surface area contributed by atoms with Crippen LogP contribution in [-0.4, -0.2) is 32.4 Å². The second-order valence-electron chi connectivity index (χ2n) is 6.13. The number of anilines is 1. The van der Waals surface area contributed by atoms with Crippen LogP contribution >= 0.6 is 11.6 Å². The van der Waals surface area contributed by atoms with Gasteiger partial charge in [-0.25, -0.2) is 4.98 Å². The molecule has 21 heavy (non-hydrogen) atoms. The fraction of sp³-hybridized carbons (Fsp3) is 0.538. The Balaban J connectivity index is 2.16. The Kier molecular flexibility index (Phi) is 4.43. The van der Waals surface area contributed by atoms with Crippen LogP contribution in [-0.2, 0) is 4.79 Å². The van der Waals surface area contributed by atoms with Gasteiger partial charge in [-0.05, 0) is 11.8 Å². The van der Waals surface area contributed by atoms with Crippen LogP contribution in [0.4, 0.5) is 5.95 Å². The summed E-state index contributed by atoms with van der Waals surface area (Å²) in [5, 5.41) is 2.87. The maximum atomic E-state index is 12.3. The van der Waals surface area contributed by atoms with E-state index < -0.39 is 0 Å². The largest absolute Gasteiger partial charge is 0.341 e. The average Bonchev–Trinajstić information content (AvgIpc) is 2.83. The lowest BCUT2D eigenvalue weighted by Crippen LogP contribution is -2.33. The third-order valence-corrected chi connectivity index (χ3v) is 3.26. The van der Waals surface area contributed by atoms with E-state index >= 15 is 0 Å². The van der Waals surface area contributed by atoms with E-state index in [0.29, 0.717) is 17.6 Å². The number of hydrogen-bond donors (Lipinski definition) is 3. The fourth-order valence-corrected chi connectivity index (χ4v) is 2.31. The Morgan fingerprint density at radius 2 is 2.19 bits per heavy atom. The second kappa shape index (κ2) is 5.95. The summed E-state index contributed by atoms with van der Waals surface area (Å²) in [6, 6.07) is 0. The molecule has 7 nitrogen and oxygen atoms in total. The highest BCUT2D eigenvalue weighted by Crippen LogP contribution is 2.25. The van der Waals surface area contributed by atoms with E-state index in [2.05, 4.69) is 46.0 Å². The zero-order valence-electron chi connectivity index (χ0n) is 12.3. The standard InChI is InChI=1S/C13H19ClN6O/c1-13(2,3)4-7(5-15)11(21)20-12-18-9(14)8-10(19-12)17-6-16-8/h6-7H,4-5,15H2,1-3H3,(H2,16,17,18,19,20,21). The summed E-state index contributed by atoms with van der Waals surface area (Å²) < 4.78 is 0. The van der Waals surface area contributed by atoms with E-state index in [1.807, 2.05) is 0 Å². The van der Waals surface area contributed by atoms with Crippen LogP contribution in [0.3, 0.4) is 0 Å². The lowest BCUT2D eigenvalue weighted by molar-refractivity contribution is -0.120. The van der Waals surface area contributed by atoms with E-state index in [1.54, 1.807) is 0 Å². The molecule has 1 unspecified atom stereocenters. The molecule has 1 amide bonds. The fourth-order valence-electron chi connectivity index (χ4n) is 2.09. The van der Waals surface area contributed by atoms with Crippen molar-refractivity contribution in [1.29, 1.82) is 0 Å². The van der Waals surface area contributed by atoms with Crippen molar-refractivity contribution in [3.05, 3.63) is 11.5 Å². The monoisotopic (exact) mass is 310 g/mol. The molecule has 0 aliphatic carbocycles. The summed E-state index contributed by atoms with van der Waals surface area (Å²) in [5.41, 5.74) is 6.65. The van der Waals surface area contributed by atoms with Crippen molar-refractivity contribution in [3.8, 4) is 0 Å². The van der Waals surface area contributed by atoms with E-state index in [9.17, 15) is 4.79 Å². The number of nitrogens with one attached hydrogen (secondary N) is 2. The Bertz CT molecular complexity index is 648. The minimum absolute atomic E-state index is 0.00598. The Morgan fingerprint density at radius 3 is 2.81 bits per heavy atom. The number of H-pyrrole nitrogens is 1. The number of aromatic amines is 1. The lowest BCUT2D eigenvalue weighted by atomic mass is 9.84. The molecular weight excluding hydrogens is 292 g/mol. The summed E-state index contributed by atoms with van der Waals surface area (Å²) >= 11 is 6.01. The van der Waals surface area contributed by atoms with Gasteiger partial charge in [0.1, 0.15) is 5.52 Å². The Labute approximate surface area is 127 Å². The van der Waals surface area contributed by atoms with Crippen LogP contribution in [0.5, 0.6) is 0 Å². The number of imidazole rings is 1. The molecule has 2 heterocycles. The second-order valence-corrected chi connectivity index (χ2v) is 6.48. The number of nitrogens with zero attached hydrogens (tertiary/aromatic N) is 3.